The summed E-state index contributed by atoms with van der Waals surface area (Å²) in [4.78, 5) is 14.9. The molecule has 1 unspecified atom stereocenters. The normalized spacial score (nSPS) is 14.7. The summed E-state index contributed by atoms with van der Waals surface area (Å²) in [5.74, 6) is -0.159. The van der Waals surface area contributed by atoms with Crippen LogP contribution in [-0.2, 0) is 15.1 Å². The molecular weight excluding hydrogens is 264 g/mol. The summed E-state index contributed by atoms with van der Waals surface area (Å²) in [5.41, 5.74) is -0.651. The fourth-order valence-corrected chi connectivity index (χ4v) is 2.75. The van der Waals surface area contributed by atoms with Crippen LogP contribution in [-0.4, -0.2) is 40.7 Å². The maximum atomic E-state index is 12.5. The second-order valence-electron chi connectivity index (χ2n) is 6.26. The molecule has 1 aromatic heterocycles. The lowest BCUT2D eigenvalue weighted by Crippen LogP contribution is -2.45. The minimum absolute atomic E-state index is 0.159. The molecule has 0 aliphatic carbocycles. The first-order valence-electron chi connectivity index (χ1n) is 7.89. The van der Waals surface area contributed by atoms with Gasteiger partial charge in [0.15, 0.2) is 0 Å². The van der Waals surface area contributed by atoms with Crippen LogP contribution in [0, 0.1) is 0 Å². The molecule has 0 aromatic carbocycles. The quantitative estimate of drug-likeness (QED) is 0.690. The number of hydrogen-bond acceptors (Lipinski definition) is 3. The number of ether oxygens (including phenoxy) is 1. The van der Waals surface area contributed by atoms with E-state index in [1.807, 2.05) is 42.9 Å². The van der Waals surface area contributed by atoms with Gasteiger partial charge in [-0.15, -0.1) is 0 Å². The minimum atomic E-state index is -0.651. The minimum Gasteiger partial charge on any atom is -0.464 e. The number of hydrogen-bond donors (Lipinski definition) is 0. The lowest BCUT2D eigenvalue weighted by molar-refractivity contribution is -0.153. The number of rotatable bonds is 8. The molecule has 0 aliphatic heterocycles. The van der Waals surface area contributed by atoms with Gasteiger partial charge in [-0.25, -0.2) is 4.79 Å². The summed E-state index contributed by atoms with van der Waals surface area (Å²) in [6.45, 7) is 13.9. The maximum Gasteiger partial charge on any atom is 0.332 e. The molecule has 0 saturated heterocycles. The van der Waals surface area contributed by atoms with E-state index in [2.05, 4.69) is 32.6 Å². The van der Waals surface area contributed by atoms with Crippen LogP contribution in [0.1, 0.15) is 48.0 Å². The van der Waals surface area contributed by atoms with Crippen molar-refractivity contribution in [2.24, 2.45) is 0 Å². The second-order valence-corrected chi connectivity index (χ2v) is 6.26. The van der Waals surface area contributed by atoms with Crippen LogP contribution in [0.5, 0.6) is 0 Å². The summed E-state index contributed by atoms with van der Waals surface area (Å²) >= 11 is 0. The van der Waals surface area contributed by atoms with E-state index in [-0.39, 0.29) is 5.97 Å². The Morgan fingerprint density at radius 1 is 1.19 bits per heavy atom. The van der Waals surface area contributed by atoms with Gasteiger partial charge in [0.05, 0.1) is 6.61 Å². The van der Waals surface area contributed by atoms with E-state index in [9.17, 15) is 4.79 Å². The van der Waals surface area contributed by atoms with Crippen molar-refractivity contribution in [3.63, 3.8) is 0 Å². The van der Waals surface area contributed by atoms with Crippen LogP contribution in [0.25, 0.3) is 0 Å². The molecule has 0 saturated carbocycles. The highest BCUT2D eigenvalue weighted by Crippen LogP contribution is 2.24. The first-order chi connectivity index (χ1) is 9.82. The molecule has 0 aliphatic rings. The Kier molecular flexibility index (Phi) is 6.46. The van der Waals surface area contributed by atoms with Crippen molar-refractivity contribution in [3.05, 3.63) is 24.5 Å². The highest BCUT2D eigenvalue weighted by molar-refractivity contribution is 5.78. The SMILES string of the molecule is CCOC(=O)C(C)(CCN(C(C)C)C(C)C)n1cccc1. The number of esters is 1. The third kappa shape index (κ3) is 4.34. The van der Waals surface area contributed by atoms with Crippen molar-refractivity contribution >= 4 is 5.97 Å². The van der Waals surface area contributed by atoms with Crippen LogP contribution in [0.4, 0.5) is 0 Å². The Labute approximate surface area is 129 Å². The van der Waals surface area contributed by atoms with Crippen molar-refractivity contribution in [2.45, 2.75) is 65.6 Å². The predicted molar refractivity (Wildman–Crippen MR) is 86.3 cm³/mol. The molecular formula is C17H30N2O2. The van der Waals surface area contributed by atoms with Gasteiger partial charge in [0.2, 0.25) is 0 Å². The van der Waals surface area contributed by atoms with Crippen LogP contribution in [0.3, 0.4) is 0 Å². The molecule has 1 aromatic rings. The van der Waals surface area contributed by atoms with Gasteiger partial charge in [0.1, 0.15) is 5.54 Å². The molecule has 0 N–H and O–H groups in total. The first-order valence-corrected chi connectivity index (χ1v) is 7.89. The Balaban J connectivity index is 2.91. The largest absolute Gasteiger partial charge is 0.464 e. The van der Waals surface area contributed by atoms with Gasteiger partial charge < -0.3 is 9.30 Å². The standard InChI is InChI=1S/C17H30N2O2/c1-7-21-16(20)17(6,18-11-8-9-12-18)10-13-19(14(2)3)15(4)5/h8-9,11-12,14-15H,7,10,13H2,1-6H3. The Morgan fingerprint density at radius 2 is 1.71 bits per heavy atom. The Bertz CT molecular complexity index is 418. The molecule has 1 atom stereocenters. The van der Waals surface area contributed by atoms with Crippen LogP contribution in [0.2, 0.25) is 0 Å². The van der Waals surface area contributed by atoms with E-state index in [1.54, 1.807) is 0 Å². The van der Waals surface area contributed by atoms with E-state index in [0.29, 0.717) is 18.7 Å². The van der Waals surface area contributed by atoms with Crippen LogP contribution in [0.15, 0.2) is 24.5 Å². The van der Waals surface area contributed by atoms with Gasteiger partial charge in [0.25, 0.3) is 0 Å². The summed E-state index contributed by atoms with van der Waals surface area (Å²) in [6.07, 6.45) is 4.61. The summed E-state index contributed by atoms with van der Waals surface area (Å²) in [5, 5.41) is 0. The number of nitrogens with zero attached hydrogens (tertiary/aromatic N) is 2. The second kappa shape index (κ2) is 7.64. The Morgan fingerprint density at radius 3 is 2.14 bits per heavy atom. The first kappa shape index (κ1) is 17.8. The molecule has 0 bridgehead atoms. The molecule has 4 nitrogen and oxygen atoms in total. The zero-order valence-corrected chi connectivity index (χ0v) is 14.3. The molecule has 0 spiro atoms. The lowest BCUT2D eigenvalue weighted by atomic mass is 9.96. The van der Waals surface area contributed by atoms with Crippen molar-refractivity contribution in [3.8, 4) is 0 Å². The molecule has 1 rings (SSSR count). The number of aromatic nitrogens is 1. The van der Waals surface area contributed by atoms with Crippen molar-refractivity contribution in [1.29, 1.82) is 0 Å². The zero-order chi connectivity index (χ0) is 16.0. The summed E-state index contributed by atoms with van der Waals surface area (Å²) in [7, 11) is 0. The smallest absolute Gasteiger partial charge is 0.332 e. The highest BCUT2D eigenvalue weighted by Gasteiger charge is 2.36. The fourth-order valence-electron chi connectivity index (χ4n) is 2.75. The lowest BCUT2D eigenvalue weighted by Gasteiger charge is -2.35. The fraction of sp³-hybridized carbons (Fsp3) is 0.706. The van der Waals surface area contributed by atoms with Gasteiger partial charge in [-0.05, 0) is 60.1 Å². The molecule has 120 valence electrons. The average Bonchev–Trinajstić information content (AvgIpc) is 2.92. The topological polar surface area (TPSA) is 34.5 Å². The van der Waals surface area contributed by atoms with Crippen LogP contribution >= 0.6 is 0 Å². The zero-order valence-electron chi connectivity index (χ0n) is 14.3. The summed E-state index contributed by atoms with van der Waals surface area (Å²) in [6, 6.07) is 4.81. The van der Waals surface area contributed by atoms with Gasteiger partial charge in [-0.3, -0.25) is 4.90 Å². The van der Waals surface area contributed by atoms with E-state index >= 15 is 0 Å². The van der Waals surface area contributed by atoms with E-state index < -0.39 is 5.54 Å². The van der Waals surface area contributed by atoms with Crippen molar-refractivity contribution in [1.82, 2.24) is 9.47 Å². The molecule has 0 radical (unpaired) electrons. The molecule has 0 amide bonds. The van der Waals surface area contributed by atoms with E-state index in [1.165, 1.54) is 0 Å². The molecule has 1 heterocycles. The molecule has 21 heavy (non-hydrogen) atoms. The van der Waals surface area contributed by atoms with Gasteiger partial charge >= 0.3 is 5.97 Å². The van der Waals surface area contributed by atoms with Gasteiger partial charge in [-0.1, -0.05) is 0 Å². The maximum absolute atomic E-state index is 12.5. The number of carbonyl (C=O) groups excluding carboxylic acids is 1. The average molecular weight is 294 g/mol. The third-order valence-corrected chi connectivity index (χ3v) is 4.07. The molecule has 4 heteroatoms. The Hall–Kier alpha value is -1.29. The monoisotopic (exact) mass is 294 g/mol. The third-order valence-electron chi connectivity index (χ3n) is 4.07. The summed E-state index contributed by atoms with van der Waals surface area (Å²) < 4.78 is 7.27. The molecule has 0 fully saturated rings. The van der Waals surface area contributed by atoms with E-state index in [0.717, 1.165) is 13.0 Å². The van der Waals surface area contributed by atoms with E-state index in [4.69, 9.17) is 4.74 Å². The number of carbonyl (C=O) groups is 1. The van der Waals surface area contributed by atoms with Gasteiger partial charge in [-0.2, -0.15) is 0 Å². The van der Waals surface area contributed by atoms with Crippen molar-refractivity contribution in [2.75, 3.05) is 13.2 Å². The van der Waals surface area contributed by atoms with Crippen molar-refractivity contribution < 1.29 is 9.53 Å². The predicted octanol–water partition coefficient (Wildman–Crippen LogP) is 3.28. The van der Waals surface area contributed by atoms with Crippen LogP contribution < -0.4 is 0 Å². The van der Waals surface area contributed by atoms with Gasteiger partial charge in [0, 0.05) is 31.0 Å². The highest BCUT2D eigenvalue weighted by atomic mass is 16.5.